The Morgan fingerprint density at radius 3 is 2.83 bits per heavy atom. The summed E-state index contributed by atoms with van der Waals surface area (Å²) in [6, 6.07) is 2.94. The molecule has 1 aromatic rings. The van der Waals surface area contributed by atoms with Crippen molar-refractivity contribution in [2.45, 2.75) is 44.8 Å². The van der Waals surface area contributed by atoms with Crippen molar-refractivity contribution in [2.75, 3.05) is 13.1 Å². The summed E-state index contributed by atoms with van der Waals surface area (Å²) in [6.45, 7) is 2.00. The van der Waals surface area contributed by atoms with E-state index >= 15 is 0 Å². The van der Waals surface area contributed by atoms with Gasteiger partial charge >= 0.3 is 0 Å². The lowest BCUT2D eigenvalue weighted by atomic mass is 10.1. The summed E-state index contributed by atoms with van der Waals surface area (Å²) >= 11 is 0. The Bertz CT molecular complexity index is 555. The van der Waals surface area contributed by atoms with Gasteiger partial charge in [0.15, 0.2) is 5.76 Å². The zero-order valence-electron chi connectivity index (χ0n) is 13.2. The number of amides is 2. The Hall–Kier alpha value is -2.15. The van der Waals surface area contributed by atoms with Crippen molar-refractivity contribution >= 4 is 17.6 Å². The molecule has 23 heavy (non-hydrogen) atoms. The molecule has 2 N–H and O–H groups in total. The van der Waals surface area contributed by atoms with E-state index in [2.05, 4.69) is 5.32 Å². The second kappa shape index (κ2) is 7.92. The molecule has 0 spiro atoms. The fourth-order valence-electron chi connectivity index (χ4n) is 2.69. The maximum atomic E-state index is 12.3. The Morgan fingerprint density at radius 1 is 1.39 bits per heavy atom. The molecule has 0 aromatic carbocycles. The van der Waals surface area contributed by atoms with E-state index in [9.17, 15) is 19.5 Å². The molecule has 126 valence electrons. The molecule has 0 bridgehead atoms. The topological polar surface area (TPSA) is 99.9 Å². The van der Waals surface area contributed by atoms with Gasteiger partial charge < -0.3 is 24.5 Å². The zero-order valence-corrected chi connectivity index (χ0v) is 13.2. The van der Waals surface area contributed by atoms with E-state index in [1.54, 1.807) is 12.1 Å². The van der Waals surface area contributed by atoms with E-state index in [-0.39, 0.29) is 48.9 Å². The average molecular weight is 322 g/mol. The fraction of sp³-hybridized carbons (Fsp3) is 0.562. The van der Waals surface area contributed by atoms with E-state index in [1.807, 2.05) is 0 Å². The van der Waals surface area contributed by atoms with Crippen LogP contribution < -0.4 is 5.32 Å². The first-order valence-corrected chi connectivity index (χ1v) is 7.76. The highest BCUT2D eigenvalue weighted by atomic mass is 16.3. The first-order valence-electron chi connectivity index (χ1n) is 7.76. The van der Waals surface area contributed by atoms with Gasteiger partial charge in [-0.15, -0.1) is 0 Å². The second-order valence-electron chi connectivity index (χ2n) is 5.84. The zero-order chi connectivity index (χ0) is 16.8. The van der Waals surface area contributed by atoms with Crippen molar-refractivity contribution in [3.05, 3.63) is 24.2 Å². The van der Waals surface area contributed by atoms with Crippen LogP contribution in [0.3, 0.4) is 0 Å². The smallest absolute Gasteiger partial charge is 0.289 e. The van der Waals surface area contributed by atoms with Crippen molar-refractivity contribution in [2.24, 2.45) is 0 Å². The highest BCUT2D eigenvalue weighted by Gasteiger charge is 2.35. The SMILES string of the molecule is CC(=O)CCCC(=O)NC[C@@H]1C[C@@H](O)CN1C(=O)c1ccco1. The maximum absolute atomic E-state index is 12.3. The van der Waals surface area contributed by atoms with Crippen molar-refractivity contribution in [1.29, 1.82) is 0 Å². The van der Waals surface area contributed by atoms with E-state index < -0.39 is 6.10 Å². The van der Waals surface area contributed by atoms with Crippen LogP contribution >= 0.6 is 0 Å². The highest BCUT2D eigenvalue weighted by Crippen LogP contribution is 2.20. The van der Waals surface area contributed by atoms with Crippen LogP contribution in [0.25, 0.3) is 0 Å². The van der Waals surface area contributed by atoms with E-state index in [4.69, 9.17) is 4.42 Å². The monoisotopic (exact) mass is 322 g/mol. The number of aliphatic hydroxyl groups excluding tert-OH is 1. The third kappa shape index (κ3) is 4.92. The van der Waals surface area contributed by atoms with Gasteiger partial charge in [-0.25, -0.2) is 0 Å². The summed E-state index contributed by atoms with van der Waals surface area (Å²) in [4.78, 5) is 36.5. The molecular formula is C16H22N2O5. The predicted octanol–water partition coefficient (Wildman–Crippen LogP) is 0.730. The summed E-state index contributed by atoms with van der Waals surface area (Å²) in [5.74, 6) is -0.163. The summed E-state index contributed by atoms with van der Waals surface area (Å²) < 4.78 is 5.10. The number of ketones is 1. The number of β-amino-alcohol motifs (C(OH)–C–C–N with tert-alkyl or cyclic N) is 1. The quantitative estimate of drug-likeness (QED) is 0.771. The number of Topliss-reactive ketones (excluding diaryl/α,β-unsaturated/α-hetero) is 1. The lowest BCUT2D eigenvalue weighted by Crippen LogP contribution is -2.43. The van der Waals surface area contributed by atoms with Crippen molar-refractivity contribution in [1.82, 2.24) is 10.2 Å². The maximum Gasteiger partial charge on any atom is 0.289 e. The van der Waals surface area contributed by atoms with Gasteiger partial charge in [0.1, 0.15) is 5.78 Å². The van der Waals surface area contributed by atoms with Gasteiger partial charge in [-0.05, 0) is 31.9 Å². The van der Waals surface area contributed by atoms with Crippen LogP contribution in [-0.4, -0.2) is 52.8 Å². The van der Waals surface area contributed by atoms with Gasteiger partial charge in [-0.3, -0.25) is 9.59 Å². The van der Waals surface area contributed by atoms with Crippen molar-refractivity contribution < 1.29 is 23.9 Å². The van der Waals surface area contributed by atoms with E-state index in [1.165, 1.54) is 18.1 Å². The first kappa shape index (κ1) is 17.2. The van der Waals surface area contributed by atoms with Gasteiger partial charge in [0.05, 0.1) is 18.4 Å². The minimum atomic E-state index is -0.603. The number of nitrogens with zero attached hydrogens (tertiary/aromatic N) is 1. The van der Waals surface area contributed by atoms with Crippen LogP contribution in [0, 0.1) is 0 Å². The Kier molecular flexibility index (Phi) is 5.92. The number of furan rings is 1. The summed E-state index contributed by atoms with van der Waals surface area (Å²) in [5.41, 5.74) is 0. The number of hydrogen-bond donors (Lipinski definition) is 2. The standard InChI is InChI=1S/C16H22N2O5/c1-11(19)4-2-6-15(21)17-9-12-8-13(20)10-18(12)16(22)14-5-3-7-23-14/h3,5,7,12-13,20H,2,4,6,8-10H2,1H3,(H,17,21)/t12-,13+/m0/s1. The number of likely N-dealkylation sites (tertiary alicyclic amines) is 1. The minimum Gasteiger partial charge on any atom is -0.459 e. The van der Waals surface area contributed by atoms with Gasteiger partial charge in [0.2, 0.25) is 5.91 Å². The number of hydrogen-bond acceptors (Lipinski definition) is 5. The molecule has 1 saturated heterocycles. The van der Waals surface area contributed by atoms with Crippen LogP contribution in [0.2, 0.25) is 0 Å². The van der Waals surface area contributed by atoms with Crippen LogP contribution in [0.1, 0.15) is 43.2 Å². The second-order valence-corrected chi connectivity index (χ2v) is 5.84. The number of rotatable bonds is 7. The molecule has 1 aliphatic rings. The van der Waals surface area contributed by atoms with Crippen LogP contribution in [-0.2, 0) is 9.59 Å². The molecule has 2 rings (SSSR count). The Balaban J connectivity index is 1.84. The van der Waals surface area contributed by atoms with Gasteiger partial charge in [-0.1, -0.05) is 0 Å². The van der Waals surface area contributed by atoms with Gasteiger partial charge in [0, 0.05) is 25.9 Å². The van der Waals surface area contributed by atoms with Crippen LogP contribution in [0.5, 0.6) is 0 Å². The number of carbonyl (C=O) groups excluding carboxylic acids is 3. The van der Waals surface area contributed by atoms with Crippen LogP contribution in [0.15, 0.2) is 22.8 Å². The molecule has 0 unspecified atom stereocenters. The number of nitrogens with one attached hydrogen (secondary N) is 1. The molecule has 0 saturated carbocycles. The molecular weight excluding hydrogens is 300 g/mol. The third-order valence-corrected chi connectivity index (χ3v) is 3.85. The highest BCUT2D eigenvalue weighted by molar-refractivity contribution is 5.92. The predicted molar refractivity (Wildman–Crippen MR) is 81.7 cm³/mol. The first-order chi connectivity index (χ1) is 11.0. The van der Waals surface area contributed by atoms with Crippen molar-refractivity contribution in [3.63, 3.8) is 0 Å². The molecule has 7 nitrogen and oxygen atoms in total. The molecule has 0 radical (unpaired) electrons. The summed E-state index contributed by atoms with van der Waals surface area (Å²) in [7, 11) is 0. The number of carbonyl (C=O) groups is 3. The molecule has 1 fully saturated rings. The minimum absolute atomic E-state index is 0.0620. The van der Waals surface area contributed by atoms with E-state index in [0.29, 0.717) is 19.3 Å². The lowest BCUT2D eigenvalue weighted by Gasteiger charge is -2.23. The number of aliphatic hydroxyl groups is 1. The lowest BCUT2D eigenvalue weighted by molar-refractivity contribution is -0.121. The summed E-state index contributed by atoms with van der Waals surface area (Å²) in [5, 5.41) is 12.6. The molecule has 1 aliphatic heterocycles. The Labute approximate surface area is 134 Å². The third-order valence-electron chi connectivity index (χ3n) is 3.85. The molecule has 7 heteroatoms. The van der Waals surface area contributed by atoms with Crippen LogP contribution in [0.4, 0.5) is 0 Å². The van der Waals surface area contributed by atoms with E-state index in [0.717, 1.165) is 0 Å². The largest absolute Gasteiger partial charge is 0.459 e. The normalized spacial score (nSPS) is 20.5. The van der Waals surface area contributed by atoms with Gasteiger partial charge in [0.25, 0.3) is 5.91 Å². The molecule has 1 aromatic heterocycles. The molecule has 2 heterocycles. The summed E-state index contributed by atoms with van der Waals surface area (Å²) in [6.07, 6.45) is 2.42. The average Bonchev–Trinajstić information content (AvgIpc) is 3.13. The molecule has 2 amide bonds. The fourth-order valence-corrected chi connectivity index (χ4v) is 2.69. The van der Waals surface area contributed by atoms with Crippen molar-refractivity contribution in [3.8, 4) is 0 Å². The molecule has 0 aliphatic carbocycles. The Morgan fingerprint density at radius 2 is 2.17 bits per heavy atom. The molecule has 2 atom stereocenters. The van der Waals surface area contributed by atoms with Gasteiger partial charge in [-0.2, -0.15) is 0 Å².